The SMILES string of the molecule is CCC1CCCC(CN)(C(O)c2c(C)cccc2C)C1. The monoisotopic (exact) mass is 275 g/mol. The van der Waals surface area contributed by atoms with Crippen LogP contribution in [-0.4, -0.2) is 11.7 Å². The van der Waals surface area contributed by atoms with Crippen LogP contribution in [0.2, 0.25) is 0 Å². The van der Waals surface area contributed by atoms with Crippen LogP contribution in [-0.2, 0) is 0 Å². The minimum Gasteiger partial charge on any atom is -0.388 e. The van der Waals surface area contributed by atoms with Gasteiger partial charge in [-0.2, -0.15) is 0 Å². The van der Waals surface area contributed by atoms with Crippen molar-refractivity contribution >= 4 is 0 Å². The lowest BCUT2D eigenvalue weighted by atomic mass is 9.64. The van der Waals surface area contributed by atoms with Crippen LogP contribution in [0, 0.1) is 25.2 Å². The van der Waals surface area contributed by atoms with Crippen molar-refractivity contribution in [3.63, 3.8) is 0 Å². The summed E-state index contributed by atoms with van der Waals surface area (Å²) in [4.78, 5) is 0. The van der Waals surface area contributed by atoms with E-state index in [1.165, 1.54) is 30.4 Å². The minimum atomic E-state index is -0.428. The molecule has 0 saturated heterocycles. The van der Waals surface area contributed by atoms with Gasteiger partial charge in [-0.1, -0.05) is 44.4 Å². The van der Waals surface area contributed by atoms with E-state index in [2.05, 4.69) is 39.0 Å². The van der Waals surface area contributed by atoms with Crippen molar-refractivity contribution in [1.29, 1.82) is 0 Å². The fourth-order valence-electron chi connectivity index (χ4n) is 3.98. The minimum absolute atomic E-state index is 0.129. The molecule has 20 heavy (non-hydrogen) atoms. The predicted octanol–water partition coefficient (Wildman–Crippen LogP) is 3.88. The van der Waals surface area contributed by atoms with Crippen LogP contribution in [0.15, 0.2) is 18.2 Å². The maximum atomic E-state index is 11.1. The van der Waals surface area contributed by atoms with Gasteiger partial charge in [-0.05, 0) is 49.3 Å². The first-order chi connectivity index (χ1) is 9.54. The molecule has 0 amide bonds. The topological polar surface area (TPSA) is 46.2 Å². The van der Waals surface area contributed by atoms with E-state index in [0.29, 0.717) is 12.5 Å². The number of rotatable bonds is 4. The van der Waals surface area contributed by atoms with E-state index in [-0.39, 0.29) is 5.41 Å². The van der Waals surface area contributed by atoms with E-state index in [0.717, 1.165) is 18.4 Å². The maximum absolute atomic E-state index is 11.1. The third-order valence-electron chi connectivity index (χ3n) is 5.36. The Morgan fingerprint density at radius 1 is 1.35 bits per heavy atom. The third-order valence-corrected chi connectivity index (χ3v) is 5.36. The molecule has 0 aromatic heterocycles. The van der Waals surface area contributed by atoms with E-state index < -0.39 is 6.10 Å². The fourth-order valence-corrected chi connectivity index (χ4v) is 3.98. The first-order valence-electron chi connectivity index (χ1n) is 7.98. The summed E-state index contributed by atoms with van der Waals surface area (Å²) < 4.78 is 0. The van der Waals surface area contributed by atoms with Crippen LogP contribution < -0.4 is 5.73 Å². The van der Waals surface area contributed by atoms with Gasteiger partial charge in [-0.25, -0.2) is 0 Å². The van der Waals surface area contributed by atoms with Gasteiger partial charge in [0.05, 0.1) is 6.10 Å². The smallest absolute Gasteiger partial charge is 0.0863 e. The van der Waals surface area contributed by atoms with E-state index >= 15 is 0 Å². The number of hydrogen-bond donors (Lipinski definition) is 2. The summed E-state index contributed by atoms with van der Waals surface area (Å²) in [6, 6.07) is 6.25. The van der Waals surface area contributed by atoms with Crippen LogP contribution in [0.5, 0.6) is 0 Å². The predicted molar refractivity (Wildman–Crippen MR) is 84.6 cm³/mol. The Hall–Kier alpha value is -0.860. The Morgan fingerprint density at radius 3 is 2.55 bits per heavy atom. The highest BCUT2D eigenvalue weighted by molar-refractivity contribution is 5.36. The summed E-state index contributed by atoms with van der Waals surface area (Å²) in [5, 5.41) is 11.1. The van der Waals surface area contributed by atoms with Crippen molar-refractivity contribution in [1.82, 2.24) is 0 Å². The average Bonchev–Trinajstić information content (AvgIpc) is 2.46. The van der Waals surface area contributed by atoms with E-state index in [9.17, 15) is 5.11 Å². The van der Waals surface area contributed by atoms with Gasteiger partial charge in [-0.3, -0.25) is 0 Å². The Bertz CT molecular complexity index is 436. The van der Waals surface area contributed by atoms with E-state index in [1.54, 1.807) is 0 Å². The molecule has 0 heterocycles. The summed E-state index contributed by atoms with van der Waals surface area (Å²) in [7, 11) is 0. The second-order valence-corrected chi connectivity index (χ2v) is 6.65. The number of hydrogen-bond acceptors (Lipinski definition) is 2. The lowest BCUT2D eigenvalue weighted by Crippen LogP contribution is -2.41. The molecule has 1 saturated carbocycles. The molecule has 2 rings (SSSR count). The number of aliphatic hydroxyl groups excluding tert-OH is 1. The molecule has 3 N–H and O–H groups in total. The molecular formula is C18H29NO. The Labute approximate surface area is 123 Å². The van der Waals surface area contributed by atoms with E-state index in [4.69, 9.17) is 5.73 Å². The summed E-state index contributed by atoms with van der Waals surface area (Å²) in [6.45, 7) is 7.02. The van der Waals surface area contributed by atoms with Crippen molar-refractivity contribution in [3.8, 4) is 0 Å². The number of aryl methyl sites for hydroxylation is 2. The maximum Gasteiger partial charge on any atom is 0.0863 e. The lowest BCUT2D eigenvalue weighted by molar-refractivity contribution is -0.0169. The zero-order valence-corrected chi connectivity index (χ0v) is 13.2. The van der Waals surface area contributed by atoms with Gasteiger partial charge in [-0.15, -0.1) is 0 Å². The molecule has 0 bridgehead atoms. The molecule has 1 aromatic rings. The largest absolute Gasteiger partial charge is 0.388 e. The summed E-state index contributed by atoms with van der Waals surface area (Å²) in [5.74, 6) is 0.714. The quantitative estimate of drug-likeness (QED) is 0.876. The molecule has 0 aliphatic heterocycles. The molecule has 3 atom stereocenters. The highest BCUT2D eigenvalue weighted by Crippen LogP contribution is 2.49. The Balaban J connectivity index is 2.35. The second kappa shape index (κ2) is 6.28. The molecule has 3 unspecified atom stereocenters. The first kappa shape index (κ1) is 15.5. The summed E-state index contributed by atoms with van der Waals surface area (Å²) >= 11 is 0. The molecule has 0 radical (unpaired) electrons. The summed E-state index contributed by atoms with van der Waals surface area (Å²) in [6.07, 6.45) is 5.36. The summed E-state index contributed by atoms with van der Waals surface area (Å²) in [5.41, 5.74) is 9.48. The van der Waals surface area contributed by atoms with Crippen LogP contribution in [0.25, 0.3) is 0 Å². The average molecular weight is 275 g/mol. The first-order valence-corrected chi connectivity index (χ1v) is 7.98. The van der Waals surface area contributed by atoms with Crippen LogP contribution in [0.4, 0.5) is 0 Å². The normalized spacial score (nSPS) is 28.4. The van der Waals surface area contributed by atoms with Gasteiger partial charge in [0.25, 0.3) is 0 Å². The number of nitrogens with two attached hydrogens (primary N) is 1. The van der Waals surface area contributed by atoms with Crippen molar-refractivity contribution in [2.75, 3.05) is 6.54 Å². The van der Waals surface area contributed by atoms with Crippen molar-refractivity contribution in [2.45, 2.75) is 59.0 Å². The Morgan fingerprint density at radius 2 is 2.00 bits per heavy atom. The zero-order chi connectivity index (χ0) is 14.8. The van der Waals surface area contributed by atoms with Gasteiger partial charge < -0.3 is 10.8 Å². The molecule has 2 heteroatoms. The Kier molecular flexibility index (Phi) is 4.87. The second-order valence-electron chi connectivity index (χ2n) is 6.65. The number of benzene rings is 1. The van der Waals surface area contributed by atoms with Gasteiger partial charge in [0.1, 0.15) is 0 Å². The molecule has 1 aliphatic carbocycles. The molecule has 1 aromatic carbocycles. The standard InChI is InChI=1S/C18H29NO/c1-4-15-9-6-10-18(11-15,12-19)17(20)16-13(2)7-5-8-14(16)3/h5,7-8,15,17,20H,4,6,9-12,19H2,1-3H3. The molecular weight excluding hydrogens is 246 g/mol. The van der Waals surface area contributed by atoms with Crippen LogP contribution >= 0.6 is 0 Å². The molecule has 0 spiro atoms. The molecule has 112 valence electrons. The lowest BCUT2D eigenvalue weighted by Gasteiger charge is -2.44. The zero-order valence-electron chi connectivity index (χ0n) is 13.2. The molecule has 1 aliphatic rings. The highest BCUT2D eigenvalue weighted by atomic mass is 16.3. The van der Waals surface area contributed by atoms with Crippen LogP contribution in [0.3, 0.4) is 0 Å². The van der Waals surface area contributed by atoms with E-state index in [1.807, 2.05) is 0 Å². The highest BCUT2D eigenvalue weighted by Gasteiger charge is 2.42. The fraction of sp³-hybridized carbons (Fsp3) is 0.667. The van der Waals surface area contributed by atoms with Gasteiger partial charge in [0.15, 0.2) is 0 Å². The molecule has 1 fully saturated rings. The van der Waals surface area contributed by atoms with Gasteiger partial charge >= 0.3 is 0 Å². The van der Waals surface area contributed by atoms with Gasteiger partial charge in [0, 0.05) is 12.0 Å². The van der Waals surface area contributed by atoms with Crippen molar-refractivity contribution in [3.05, 3.63) is 34.9 Å². The van der Waals surface area contributed by atoms with Crippen LogP contribution in [0.1, 0.15) is 61.8 Å². The van der Waals surface area contributed by atoms with Crippen molar-refractivity contribution < 1.29 is 5.11 Å². The third kappa shape index (κ3) is 2.77. The van der Waals surface area contributed by atoms with Crippen molar-refractivity contribution in [2.24, 2.45) is 17.1 Å². The number of aliphatic hydroxyl groups is 1. The molecule has 2 nitrogen and oxygen atoms in total. The van der Waals surface area contributed by atoms with Gasteiger partial charge in [0.2, 0.25) is 0 Å².